The van der Waals surface area contributed by atoms with Gasteiger partial charge in [0.25, 0.3) is 0 Å². The van der Waals surface area contributed by atoms with Crippen LogP contribution < -0.4 is 0 Å². The molecule has 8 aromatic rings. The molecule has 43 heavy (non-hydrogen) atoms. The number of fused-ring (bicyclic) bond motifs is 12. The van der Waals surface area contributed by atoms with Crippen molar-refractivity contribution in [3.8, 4) is 0 Å². The van der Waals surface area contributed by atoms with Gasteiger partial charge in [-0.1, -0.05) is 70.5 Å². The Morgan fingerprint density at radius 1 is 0.233 bits per heavy atom. The summed E-state index contributed by atoms with van der Waals surface area (Å²) in [7, 11) is 0. The van der Waals surface area contributed by atoms with E-state index in [9.17, 15) is 0 Å². The molecule has 0 saturated carbocycles. The van der Waals surface area contributed by atoms with Gasteiger partial charge in [-0.25, -0.2) is 0 Å². The van der Waals surface area contributed by atoms with E-state index in [1.807, 2.05) is 0 Å². The van der Waals surface area contributed by atoms with Crippen LogP contribution >= 0.6 is 112 Å². The lowest BCUT2D eigenvalue weighted by atomic mass is 9.94. The summed E-state index contributed by atoms with van der Waals surface area (Å²) < 4.78 is 7.41. The first-order chi connectivity index (χ1) is 20.7. The van der Waals surface area contributed by atoms with Crippen LogP contribution in [-0.4, -0.2) is 0 Å². The van der Waals surface area contributed by atoms with Gasteiger partial charge in [0.1, 0.15) is 0 Å². The Morgan fingerprint density at radius 3 is 0.767 bits per heavy atom. The van der Waals surface area contributed by atoms with Gasteiger partial charge in [0.2, 0.25) is 0 Å². The van der Waals surface area contributed by atoms with Crippen LogP contribution in [0, 0.1) is 0 Å². The topological polar surface area (TPSA) is 0 Å². The van der Waals surface area contributed by atoms with E-state index in [1.54, 1.807) is 0 Å². The molecule has 8 rings (SSSR count). The molecule has 0 fully saturated rings. The number of hydrogen-bond acceptors (Lipinski definition) is 0. The standard InChI is InChI=1S/C18H6Br6.C18H11Br/c19-13-1-7-8(2-14(13)20)10-4-17(23)18(24)6-12(10)11-5-16(22)15(21)3-9(7)11;19-12-9-10-17-15-7-2-1-5-13(15)14-6-3-4-8-16(14)18(17)11-12/h1-6H;1-11H. The van der Waals surface area contributed by atoms with Gasteiger partial charge >= 0.3 is 0 Å². The summed E-state index contributed by atoms with van der Waals surface area (Å²) in [6.45, 7) is 0. The zero-order valence-electron chi connectivity index (χ0n) is 22.0. The first kappa shape index (κ1) is 30.3. The number of halogens is 7. The Kier molecular flexibility index (Phi) is 8.56. The average Bonchev–Trinajstić information content (AvgIpc) is 3.00. The lowest BCUT2D eigenvalue weighted by molar-refractivity contribution is 1.63. The summed E-state index contributed by atoms with van der Waals surface area (Å²) >= 11 is 25.4. The average molecular weight is 1010 g/mol. The molecule has 0 aliphatic heterocycles. The molecule has 0 amide bonds. The lowest BCUT2D eigenvalue weighted by Crippen LogP contribution is -1.86. The molecule has 210 valence electrons. The number of hydrogen-bond donors (Lipinski definition) is 0. The SMILES string of the molecule is Brc1cc2c3cc(Br)c(Br)cc3c3cc(Br)c(Br)cc3c2cc1Br.Brc1ccc2c3ccccc3c3ccccc3c2c1. The van der Waals surface area contributed by atoms with Gasteiger partial charge in [-0.3, -0.25) is 0 Å². The maximum absolute atomic E-state index is 3.64. The van der Waals surface area contributed by atoms with Crippen LogP contribution in [-0.2, 0) is 0 Å². The van der Waals surface area contributed by atoms with Crippen molar-refractivity contribution in [2.75, 3.05) is 0 Å². The van der Waals surface area contributed by atoms with E-state index in [1.165, 1.54) is 64.6 Å². The van der Waals surface area contributed by atoms with Crippen LogP contribution in [0.15, 0.2) is 134 Å². The third-order valence-corrected chi connectivity index (χ3v) is 13.8. The molecule has 0 atom stereocenters. The van der Waals surface area contributed by atoms with Crippen molar-refractivity contribution >= 4 is 176 Å². The zero-order chi connectivity index (χ0) is 30.0. The summed E-state index contributed by atoms with van der Waals surface area (Å²) in [5.41, 5.74) is 0. The molecular weight excluding hydrogens is 992 g/mol. The maximum atomic E-state index is 3.64. The Labute approximate surface area is 307 Å². The van der Waals surface area contributed by atoms with E-state index >= 15 is 0 Å². The Morgan fingerprint density at radius 2 is 0.465 bits per heavy atom. The predicted octanol–water partition coefficient (Wildman–Crippen LogP) is 15.6. The fraction of sp³-hybridized carbons (Fsp3) is 0. The van der Waals surface area contributed by atoms with Gasteiger partial charge in [0, 0.05) is 31.3 Å². The van der Waals surface area contributed by atoms with Crippen molar-refractivity contribution in [2.45, 2.75) is 0 Å². The minimum Gasteiger partial charge on any atom is -0.0616 e. The maximum Gasteiger partial charge on any atom is 0.0324 e. The second-order valence-corrected chi connectivity index (χ2v) is 16.3. The van der Waals surface area contributed by atoms with E-state index in [-0.39, 0.29) is 0 Å². The minimum atomic E-state index is 1.05. The largest absolute Gasteiger partial charge is 0.0616 e. The second kappa shape index (κ2) is 12.1. The summed E-state index contributed by atoms with van der Waals surface area (Å²) in [6.07, 6.45) is 0. The quantitative estimate of drug-likeness (QED) is 0.133. The molecule has 0 nitrogen and oxygen atoms in total. The van der Waals surface area contributed by atoms with Crippen molar-refractivity contribution in [3.05, 3.63) is 134 Å². The minimum absolute atomic E-state index is 1.05. The molecule has 0 heterocycles. The molecule has 0 spiro atoms. The van der Waals surface area contributed by atoms with Crippen LogP contribution in [0.1, 0.15) is 0 Å². The Hall–Kier alpha value is -1.32. The van der Waals surface area contributed by atoms with E-state index in [2.05, 4.69) is 215 Å². The van der Waals surface area contributed by atoms with E-state index in [4.69, 9.17) is 0 Å². The van der Waals surface area contributed by atoms with E-state index in [0.717, 1.165) is 31.3 Å². The molecule has 0 bridgehead atoms. The molecule has 0 aliphatic carbocycles. The summed E-state index contributed by atoms with van der Waals surface area (Å²) in [5, 5.41) is 15.2. The van der Waals surface area contributed by atoms with Crippen LogP contribution in [0.4, 0.5) is 0 Å². The number of benzene rings is 8. The van der Waals surface area contributed by atoms with Gasteiger partial charge in [-0.05, 0) is 209 Å². The van der Waals surface area contributed by atoms with Crippen molar-refractivity contribution < 1.29 is 0 Å². The van der Waals surface area contributed by atoms with Crippen molar-refractivity contribution in [1.82, 2.24) is 0 Å². The fourth-order valence-corrected chi connectivity index (χ4v) is 8.28. The van der Waals surface area contributed by atoms with Crippen LogP contribution in [0.25, 0.3) is 64.6 Å². The fourth-order valence-electron chi connectivity index (χ4n) is 5.86. The molecule has 0 aliphatic rings. The molecular formula is C36H17Br7. The van der Waals surface area contributed by atoms with Gasteiger partial charge in [-0.15, -0.1) is 0 Å². The molecule has 0 radical (unpaired) electrons. The molecule has 0 aromatic heterocycles. The molecule has 8 aromatic carbocycles. The number of rotatable bonds is 0. The second-order valence-electron chi connectivity index (χ2n) is 10.2. The lowest BCUT2D eigenvalue weighted by Gasteiger charge is -2.14. The highest BCUT2D eigenvalue weighted by molar-refractivity contribution is 9.13. The Bertz CT molecular complexity index is 2130. The van der Waals surface area contributed by atoms with E-state index in [0.29, 0.717) is 0 Å². The zero-order valence-corrected chi connectivity index (χ0v) is 33.1. The highest BCUT2D eigenvalue weighted by Crippen LogP contribution is 2.44. The predicted molar refractivity (Wildman–Crippen MR) is 212 cm³/mol. The highest BCUT2D eigenvalue weighted by atomic mass is 79.9. The van der Waals surface area contributed by atoms with Crippen LogP contribution in [0.5, 0.6) is 0 Å². The monoisotopic (exact) mass is 1000 g/mol. The Balaban J connectivity index is 0.000000143. The third kappa shape index (κ3) is 5.45. The molecule has 0 saturated heterocycles. The van der Waals surface area contributed by atoms with Crippen molar-refractivity contribution in [3.63, 3.8) is 0 Å². The van der Waals surface area contributed by atoms with Gasteiger partial charge in [-0.2, -0.15) is 0 Å². The summed E-state index contributed by atoms with van der Waals surface area (Å²) in [4.78, 5) is 0. The molecule has 7 heteroatoms. The first-order valence-corrected chi connectivity index (χ1v) is 18.7. The summed E-state index contributed by atoms with van der Waals surface area (Å²) in [6, 6.07) is 36.9. The smallest absolute Gasteiger partial charge is 0.0324 e. The van der Waals surface area contributed by atoms with Gasteiger partial charge in [0.05, 0.1) is 0 Å². The first-order valence-electron chi connectivity index (χ1n) is 13.2. The third-order valence-electron chi connectivity index (χ3n) is 7.76. The van der Waals surface area contributed by atoms with Crippen molar-refractivity contribution in [2.24, 2.45) is 0 Å². The molecule has 0 unspecified atom stereocenters. The van der Waals surface area contributed by atoms with Gasteiger partial charge in [0.15, 0.2) is 0 Å². The normalized spacial score (nSPS) is 11.6. The highest BCUT2D eigenvalue weighted by Gasteiger charge is 2.14. The van der Waals surface area contributed by atoms with E-state index < -0.39 is 0 Å². The van der Waals surface area contributed by atoms with Crippen LogP contribution in [0.2, 0.25) is 0 Å². The van der Waals surface area contributed by atoms with Crippen LogP contribution in [0.3, 0.4) is 0 Å². The summed E-state index contributed by atoms with van der Waals surface area (Å²) in [5.74, 6) is 0. The van der Waals surface area contributed by atoms with Gasteiger partial charge < -0.3 is 0 Å². The molecule has 0 N–H and O–H groups in total. The van der Waals surface area contributed by atoms with Crippen molar-refractivity contribution in [1.29, 1.82) is 0 Å².